The van der Waals surface area contributed by atoms with Gasteiger partial charge in [-0.3, -0.25) is 4.79 Å². The lowest BCUT2D eigenvalue weighted by Crippen LogP contribution is -2.47. The molecule has 0 spiro atoms. The van der Waals surface area contributed by atoms with Crippen LogP contribution in [0.25, 0.3) is 0 Å². The van der Waals surface area contributed by atoms with Crippen molar-refractivity contribution in [1.82, 2.24) is 14.8 Å². The van der Waals surface area contributed by atoms with Crippen LogP contribution >= 0.6 is 0 Å². The van der Waals surface area contributed by atoms with Crippen molar-refractivity contribution in [2.45, 2.75) is 59.0 Å². The number of nitrogens with zero attached hydrogens (tertiary/aromatic N) is 3. The van der Waals surface area contributed by atoms with Gasteiger partial charge in [0.1, 0.15) is 11.4 Å². The van der Waals surface area contributed by atoms with Crippen LogP contribution in [0.1, 0.15) is 45.8 Å². The first kappa shape index (κ1) is 15.6. The molecule has 2 N–H and O–H groups in total. The molecule has 0 aromatic carbocycles. The van der Waals surface area contributed by atoms with Gasteiger partial charge in [0.2, 0.25) is 0 Å². The van der Waals surface area contributed by atoms with Crippen molar-refractivity contribution in [2.24, 2.45) is 5.73 Å². The Balaban J connectivity index is 2.70. The Morgan fingerprint density at radius 3 is 2.58 bits per heavy atom. The summed E-state index contributed by atoms with van der Waals surface area (Å²) in [6.07, 6.45) is 2.09. The lowest BCUT2D eigenvalue weighted by molar-refractivity contribution is -0.149. The van der Waals surface area contributed by atoms with Crippen LogP contribution in [0, 0.1) is 0 Å². The van der Waals surface area contributed by atoms with E-state index in [2.05, 4.69) is 10.1 Å². The van der Waals surface area contributed by atoms with Crippen LogP contribution in [0.15, 0.2) is 0 Å². The van der Waals surface area contributed by atoms with Gasteiger partial charge < -0.3 is 10.5 Å². The summed E-state index contributed by atoms with van der Waals surface area (Å²) in [7, 11) is 0. The third-order valence-corrected chi connectivity index (χ3v) is 3.01. The molecule has 108 valence electrons. The fourth-order valence-electron chi connectivity index (χ4n) is 1.75. The molecular formula is C13H24N4O2. The molecule has 0 saturated heterocycles. The minimum Gasteiger partial charge on any atom is -0.465 e. The van der Waals surface area contributed by atoms with E-state index in [1.54, 1.807) is 13.8 Å². The average Bonchev–Trinajstić information content (AvgIpc) is 2.79. The number of ether oxygens (including phenoxy) is 1. The third kappa shape index (κ3) is 4.02. The number of rotatable bonds is 7. The van der Waals surface area contributed by atoms with E-state index >= 15 is 0 Å². The Morgan fingerprint density at radius 2 is 2.05 bits per heavy atom. The summed E-state index contributed by atoms with van der Waals surface area (Å²) in [6.45, 7) is 8.43. The number of carbonyl (C=O) groups is 1. The van der Waals surface area contributed by atoms with E-state index in [9.17, 15) is 4.79 Å². The second-order valence-electron chi connectivity index (χ2n) is 4.76. The zero-order valence-corrected chi connectivity index (χ0v) is 12.3. The van der Waals surface area contributed by atoms with E-state index in [0.717, 1.165) is 24.5 Å². The molecule has 0 fully saturated rings. The summed E-state index contributed by atoms with van der Waals surface area (Å²) in [5.74, 6) is 1.38. The Kier molecular flexibility index (Phi) is 5.47. The van der Waals surface area contributed by atoms with Crippen molar-refractivity contribution in [1.29, 1.82) is 0 Å². The SMILES string of the molecule is CCOC(=O)C(C)(N)CCn1nc(CC)nc1CC. The molecule has 1 unspecified atom stereocenters. The summed E-state index contributed by atoms with van der Waals surface area (Å²) in [4.78, 5) is 16.1. The molecule has 6 nitrogen and oxygen atoms in total. The summed E-state index contributed by atoms with van der Waals surface area (Å²) >= 11 is 0. The molecule has 0 saturated carbocycles. The minimum atomic E-state index is -0.987. The maximum absolute atomic E-state index is 11.7. The highest BCUT2D eigenvalue weighted by Gasteiger charge is 2.30. The molecule has 1 aromatic rings. The van der Waals surface area contributed by atoms with Gasteiger partial charge in [-0.25, -0.2) is 9.67 Å². The van der Waals surface area contributed by atoms with Gasteiger partial charge in [-0.15, -0.1) is 0 Å². The standard InChI is InChI=1S/C13H24N4O2/c1-5-10-15-11(6-2)17(16-10)9-8-13(4,14)12(18)19-7-3/h5-9,14H2,1-4H3. The van der Waals surface area contributed by atoms with Crippen molar-refractivity contribution >= 4 is 5.97 Å². The summed E-state index contributed by atoms with van der Waals surface area (Å²) < 4.78 is 6.81. The number of hydrogen-bond donors (Lipinski definition) is 1. The van der Waals surface area contributed by atoms with Crippen LogP contribution in [-0.2, 0) is 28.9 Å². The van der Waals surface area contributed by atoms with Crippen molar-refractivity contribution in [2.75, 3.05) is 6.61 Å². The van der Waals surface area contributed by atoms with Crippen molar-refractivity contribution in [3.05, 3.63) is 11.6 Å². The molecule has 1 atom stereocenters. The van der Waals surface area contributed by atoms with E-state index in [-0.39, 0.29) is 5.97 Å². The van der Waals surface area contributed by atoms with E-state index < -0.39 is 5.54 Å². The number of aryl methyl sites for hydroxylation is 3. The van der Waals surface area contributed by atoms with Crippen molar-refractivity contribution in [3.63, 3.8) is 0 Å². The van der Waals surface area contributed by atoms with Gasteiger partial charge in [-0.2, -0.15) is 5.10 Å². The highest BCUT2D eigenvalue weighted by atomic mass is 16.5. The van der Waals surface area contributed by atoms with Gasteiger partial charge in [0.25, 0.3) is 0 Å². The predicted octanol–water partition coefficient (Wildman–Crippen LogP) is 1.07. The molecule has 19 heavy (non-hydrogen) atoms. The monoisotopic (exact) mass is 268 g/mol. The van der Waals surface area contributed by atoms with Crippen LogP contribution in [-0.4, -0.2) is 32.9 Å². The van der Waals surface area contributed by atoms with Crippen LogP contribution < -0.4 is 5.73 Å². The number of carbonyl (C=O) groups excluding carboxylic acids is 1. The van der Waals surface area contributed by atoms with Crippen molar-refractivity contribution < 1.29 is 9.53 Å². The average molecular weight is 268 g/mol. The Morgan fingerprint density at radius 1 is 1.37 bits per heavy atom. The number of aromatic nitrogens is 3. The number of nitrogens with two attached hydrogens (primary N) is 1. The van der Waals surface area contributed by atoms with Crippen LogP contribution in [0.3, 0.4) is 0 Å². The van der Waals surface area contributed by atoms with E-state index in [0.29, 0.717) is 19.6 Å². The molecule has 0 aliphatic heterocycles. The van der Waals surface area contributed by atoms with E-state index in [4.69, 9.17) is 10.5 Å². The molecule has 0 bridgehead atoms. The summed E-state index contributed by atoms with van der Waals surface area (Å²) in [5.41, 5.74) is 5.00. The summed E-state index contributed by atoms with van der Waals surface area (Å²) in [5, 5.41) is 4.41. The van der Waals surface area contributed by atoms with Crippen molar-refractivity contribution in [3.8, 4) is 0 Å². The third-order valence-electron chi connectivity index (χ3n) is 3.01. The topological polar surface area (TPSA) is 83.0 Å². The fraction of sp³-hybridized carbons (Fsp3) is 0.769. The highest BCUT2D eigenvalue weighted by molar-refractivity contribution is 5.79. The molecule has 6 heteroatoms. The maximum Gasteiger partial charge on any atom is 0.325 e. The van der Waals surface area contributed by atoms with Crippen LogP contribution in [0.2, 0.25) is 0 Å². The minimum absolute atomic E-state index is 0.342. The smallest absolute Gasteiger partial charge is 0.325 e. The summed E-state index contributed by atoms with van der Waals surface area (Å²) in [6, 6.07) is 0. The zero-order valence-electron chi connectivity index (χ0n) is 12.3. The van der Waals surface area contributed by atoms with Crippen LogP contribution in [0.5, 0.6) is 0 Å². The molecule has 0 aliphatic carbocycles. The molecule has 0 amide bonds. The van der Waals surface area contributed by atoms with Crippen LogP contribution in [0.4, 0.5) is 0 Å². The van der Waals surface area contributed by atoms with E-state index in [1.165, 1.54) is 0 Å². The van der Waals surface area contributed by atoms with Gasteiger partial charge >= 0.3 is 5.97 Å². The molecule has 0 radical (unpaired) electrons. The van der Waals surface area contributed by atoms with Gasteiger partial charge in [-0.05, 0) is 20.3 Å². The molecule has 0 aliphatic rings. The van der Waals surface area contributed by atoms with Gasteiger partial charge in [0.15, 0.2) is 5.82 Å². The molecule has 1 heterocycles. The maximum atomic E-state index is 11.7. The normalized spacial score (nSPS) is 14.2. The lowest BCUT2D eigenvalue weighted by atomic mass is 10.00. The quantitative estimate of drug-likeness (QED) is 0.748. The fourth-order valence-corrected chi connectivity index (χ4v) is 1.75. The predicted molar refractivity (Wildman–Crippen MR) is 72.6 cm³/mol. The first-order valence-corrected chi connectivity index (χ1v) is 6.83. The largest absolute Gasteiger partial charge is 0.465 e. The second-order valence-corrected chi connectivity index (χ2v) is 4.76. The van der Waals surface area contributed by atoms with E-state index in [1.807, 2.05) is 18.5 Å². The number of esters is 1. The first-order chi connectivity index (χ1) is 8.94. The van der Waals surface area contributed by atoms with Gasteiger partial charge in [0, 0.05) is 19.4 Å². The Labute approximate surface area is 114 Å². The zero-order chi connectivity index (χ0) is 14.5. The number of hydrogen-bond acceptors (Lipinski definition) is 5. The Bertz CT molecular complexity index is 426. The molecule has 1 aromatic heterocycles. The molecular weight excluding hydrogens is 244 g/mol. The Hall–Kier alpha value is -1.43. The van der Waals surface area contributed by atoms with Gasteiger partial charge in [-0.1, -0.05) is 13.8 Å². The lowest BCUT2D eigenvalue weighted by Gasteiger charge is -2.22. The first-order valence-electron chi connectivity index (χ1n) is 6.83. The second kappa shape index (κ2) is 6.65. The highest BCUT2D eigenvalue weighted by Crippen LogP contribution is 2.11. The molecule has 1 rings (SSSR count). The van der Waals surface area contributed by atoms with Gasteiger partial charge in [0.05, 0.1) is 6.61 Å².